The van der Waals surface area contributed by atoms with Crippen molar-refractivity contribution in [3.63, 3.8) is 0 Å². The van der Waals surface area contributed by atoms with Crippen LogP contribution >= 0.6 is 0 Å². The van der Waals surface area contributed by atoms with Gasteiger partial charge in [0.2, 0.25) is 5.91 Å². The summed E-state index contributed by atoms with van der Waals surface area (Å²) in [4.78, 5) is 24.8. The number of nitro benzene ring substituents is 1. The second-order valence-electron chi connectivity index (χ2n) is 5.53. The lowest BCUT2D eigenvalue weighted by molar-refractivity contribution is -0.384. The molecule has 2 rings (SSSR count). The van der Waals surface area contributed by atoms with Crippen LogP contribution in [0, 0.1) is 17.0 Å². The largest absolute Gasteiger partial charge is 0.368 e. The third-order valence-electron chi connectivity index (χ3n) is 3.76. The summed E-state index contributed by atoms with van der Waals surface area (Å²) in [6.45, 7) is 5.18. The number of nitrogens with one attached hydrogen (secondary N) is 1. The summed E-state index contributed by atoms with van der Waals surface area (Å²) in [5.74, 6) is 0.00510. The van der Waals surface area contributed by atoms with Crippen molar-refractivity contribution < 1.29 is 9.72 Å². The van der Waals surface area contributed by atoms with Crippen LogP contribution in [0.25, 0.3) is 0 Å². The average Bonchev–Trinajstić information content (AvgIpc) is 2.47. The molecule has 1 unspecified atom stereocenters. The number of carbonyl (C=O) groups is 1. The maximum atomic E-state index is 12.4. The third kappa shape index (κ3) is 3.71. The Morgan fingerprint density at radius 2 is 2.00 bits per heavy atom. The Kier molecular flexibility index (Phi) is 4.77. The minimum Gasteiger partial charge on any atom is -0.368 e. The highest BCUT2D eigenvalue weighted by molar-refractivity contribution is 5.85. The molecule has 0 aromatic heterocycles. The van der Waals surface area contributed by atoms with Gasteiger partial charge in [0.25, 0.3) is 5.69 Å². The van der Waals surface area contributed by atoms with Crippen LogP contribution in [-0.4, -0.2) is 34.9 Å². The molecule has 1 aromatic rings. The molecule has 21 heavy (non-hydrogen) atoms. The van der Waals surface area contributed by atoms with Crippen molar-refractivity contribution in [1.29, 1.82) is 0 Å². The van der Waals surface area contributed by atoms with E-state index in [1.54, 1.807) is 19.1 Å². The fraction of sp³-hybridized carbons (Fsp3) is 0.533. The van der Waals surface area contributed by atoms with Gasteiger partial charge >= 0.3 is 0 Å². The first kappa shape index (κ1) is 15.3. The summed E-state index contributed by atoms with van der Waals surface area (Å²) in [5, 5.41) is 14.1. The van der Waals surface area contributed by atoms with Crippen LogP contribution in [0.5, 0.6) is 0 Å². The Balaban J connectivity index is 2.11. The van der Waals surface area contributed by atoms with E-state index < -0.39 is 11.0 Å². The molecule has 1 aliphatic rings. The van der Waals surface area contributed by atoms with E-state index in [0.29, 0.717) is 5.69 Å². The minimum atomic E-state index is -0.469. The van der Waals surface area contributed by atoms with Crippen molar-refractivity contribution in [1.82, 2.24) is 4.90 Å². The lowest BCUT2D eigenvalue weighted by atomic mass is 10.1. The Labute approximate surface area is 124 Å². The van der Waals surface area contributed by atoms with Crippen molar-refractivity contribution in [3.8, 4) is 0 Å². The molecule has 114 valence electrons. The zero-order valence-corrected chi connectivity index (χ0v) is 12.5. The van der Waals surface area contributed by atoms with Crippen LogP contribution in [0.2, 0.25) is 0 Å². The van der Waals surface area contributed by atoms with E-state index in [1.807, 2.05) is 11.8 Å². The van der Waals surface area contributed by atoms with E-state index in [2.05, 4.69) is 5.32 Å². The third-order valence-corrected chi connectivity index (χ3v) is 3.76. The molecule has 1 aliphatic heterocycles. The zero-order valence-electron chi connectivity index (χ0n) is 12.5. The fourth-order valence-corrected chi connectivity index (χ4v) is 2.61. The van der Waals surface area contributed by atoms with Gasteiger partial charge in [0, 0.05) is 19.2 Å². The molecule has 0 saturated carbocycles. The van der Waals surface area contributed by atoms with E-state index in [-0.39, 0.29) is 11.6 Å². The first-order valence-electron chi connectivity index (χ1n) is 7.29. The van der Waals surface area contributed by atoms with E-state index >= 15 is 0 Å². The Bertz CT molecular complexity index is 539. The van der Waals surface area contributed by atoms with Crippen molar-refractivity contribution in [2.45, 2.75) is 39.2 Å². The van der Waals surface area contributed by atoms with Crippen molar-refractivity contribution in [2.75, 3.05) is 18.4 Å². The number of likely N-dealkylation sites (tertiary alicyclic amines) is 1. The van der Waals surface area contributed by atoms with Gasteiger partial charge in [-0.3, -0.25) is 14.9 Å². The highest BCUT2D eigenvalue weighted by atomic mass is 16.6. The molecular formula is C15H21N3O3. The van der Waals surface area contributed by atoms with E-state index in [4.69, 9.17) is 0 Å². The summed E-state index contributed by atoms with van der Waals surface area (Å²) < 4.78 is 0. The van der Waals surface area contributed by atoms with Crippen molar-refractivity contribution in [2.24, 2.45) is 0 Å². The minimum absolute atomic E-state index is 0.00102. The number of amides is 1. The zero-order chi connectivity index (χ0) is 15.4. The molecule has 1 atom stereocenters. The monoisotopic (exact) mass is 291 g/mol. The first-order valence-corrected chi connectivity index (χ1v) is 7.29. The number of nitrogens with zero attached hydrogens (tertiary/aromatic N) is 2. The van der Waals surface area contributed by atoms with Crippen LogP contribution in [0.1, 0.15) is 31.7 Å². The summed E-state index contributed by atoms with van der Waals surface area (Å²) >= 11 is 0. The van der Waals surface area contributed by atoms with Gasteiger partial charge < -0.3 is 10.2 Å². The fourth-order valence-electron chi connectivity index (χ4n) is 2.61. The van der Waals surface area contributed by atoms with E-state index in [9.17, 15) is 14.9 Å². The Morgan fingerprint density at radius 3 is 2.62 bits per heavy atom. The number of anilines is 1. The lowest BCUT2D eigenvalue weighted by Gasteiger charge is -2.29. The van der Waals surface area contributed by atoms with Gasteiger partial charge in [-0.1, -0.05) is 6.07 Å². The molecule has 0 aliphatic carbocycles. The summed E-state index contributed by atoms with van der Waals surface area (Å²) in [5.41, 5.74) is 1.32. The molecule has 0 radical (unpaired) electrons. The van der Waals surface area contributed by atoms with Gasteiger partial charge in [-0.25, -0.2) is 0 Å². The molecule has 6 nitrogen and oxygen atoms in total. The van der Waals surface area contributed by atoms with Gasteiger partial charge in [-0.05, 0) is 44.7 Å². The number of nitro groups is 1. The predicted molar refractivity (Wildman–Crippen MR) is 81.3 cm³/mol. The lowest BCUT2D eigenvalue weighted by Crippen LogP contribution is -2.43. The molecule has 1 aromatic carbocycles. The SMILES string of the molecule is Cc1ccc([N+](=O)[O-])c(NC(C)C(=O)N2CCCCC2)c1. The second-order valence-corrected chi connectivity index (χ2v) is 5.53. The summed E-state index contributed by atoms with van der Waals surface area (Å²) in [6, 6.07) is 4.40. The molecule has 0 bridgehead atoms. The van der Waals surface area contributed by atoms with Crippen LogP contribution in [0.4, 0.5) is 11.4 Å². The average molecular weight is 291 g/mol. The molecular weight excluding hydrogens is 270 g/mol. The van der Waals surface area contributed by atoms with Gasteiger partial charge in [0.15, 0.2) is 0 Å². The highest BCUT2D eigenvalue weighted by Gasteiger charge is 2.24. The highest BCUT2D eigenvalue weighted by Crippen LogP contribution is 2.26. The summed E-state index contributed by atoms with van der Waals surface area (Å²) in [6.07, 6.45) is 3.22. The standard InChI is InChI=1S/C15H21N3O3/c1-11-6-7-14(18(20)21)13(10-11)16-12(2)15(19)17-8-4-3-5-9-17/h6-7,10,12,16H,3-5,8-9H2,1-2H3. The first-order chi connectivity index (χ1) is 9.99. The number of hydrogen-bond acceptors (Lipinski definition) is 4. The van der Waals surface area contributed by atoms with E-state index in [0.717, 1.165) is 37.9 Å². The van der Waals surface area contributed by atoms with E-state index in [1.165, 1.54) is 6.07 Å². The predicted octanol–water partition coefficient (Wildman–Crippen LogP) is 2.72. The van der Waals surface area contributed by atoms with Gasteiger partial charge in [0.1, 0.15) is 11.7 Å². The molecule has 1 amide bonds. The molecule has 0 spiro atoms. The number of aryl methyl sites for hydroxylation is 1. The Morgan fingerprint density at radius 1 is 1.33 bits per heavy atom. The summed E-state index contributed by atoms with van der Waals surface area (Å²) in [7, 11) is 0. The molecule has 1 fully saturated rings. The van der Waals surface area contributed by atoms with Crippen LogP contribution in [-0.2, 0) is 4.79 Å². The van der Waals surface area contributed by atoms with Gasteiger partial charge in [-0.2, -0.15) is 0 Å². The molecule has 1 heterocycles. The maximum absolute atomic E-state index is 12.4. The smallest absolute Gasteiger partial charge is 0.292 e. The van der Waals surface area contributed by atoms with Gasteiger partial charge in [0.05, 0.1) is 4.92 Å². The van der Waals surface area contributed by atoms with Crippen molar-refractivity contribution in [3.05, 3.63) is 33.9 Å². The maximum Gasteiger partial charge on any atom is 0.292 e. The number of rotatable bonds is 4. The number of benzene rings is 1. The topological polar surface area (TPSA) is 75.5 Å². The molecule has 6 heteroatoms. The molecule has 1 N–H and O–H groups in total. The Hall–Kier alpha value is -2.11. The number of hydrogen-bond donors (Lipinski definition) is 1. The quantitative estimate of drug-likeness (QED) is 0.683. The number of carbonyl (C=O) groups excluding carboxylic acids is 1. The van der Waals surface area contributed by atoms with Gasteiger partial charge in [-0.15, -0.1) is 0 Å². The van der Waals surface area contributed by atoms with Crippen molar-refractivity contribution >= 4 is 17.3 Å². The molecule has 1 saturated heterocycles. The van der Waals surface area contributed by atoms with Crippen LogP contribution < -0.4 is 5.32 Å². The number of piperidine rings is 1. The second kappa shape index (κ2) is 6.56. The van der Waals surface area contributed by atoms with Crippen LogP contribution in [0.15, 0.2) is 18.2 Å². The van der Waals surface area contributed by atoms with Crippen LogP contribution in [0.3, 0.4) is 0 Å². The normalized spacial score (nSPS) is 16.4.